The van der Waals surface area contributed by atoms with E-state index in [-0.39, 0.29) is 5.91 Å². The first kappa shape index (κ1) is 14.6. The summed E-state index contributed by atoms with van der Waals surface area (Å²) < 4.78 is 2.04. The number of amides is 1. The highest BCUT2D eigenvalue weighted by molar-refractivity contribution is 5.95. The van der Waals surface area contributed by atoms with E-state index < -0.39 is 5.66 Å². The van der Waals surface area contributed by atoms with Gasteiger partial charge in [0.1, 0.15) is 11.4 Å². The number of nitrogens with one attached hydrogen (secondary N) is 1. The van der Waals surface area contributed by atoms with Crippen molar-refractivity contribution in [3.05, 3.63) is 65.7 Å². The van der Waals surface area contributed by atoms with Crippen molar-refractivity contribution in [1.29, 1.82) is 0 Å². The van der Waals surface area contributed by atoms with Gasteiger partial charge in [-0.25, -0.2) is 0 Å². The van der Waals surface area contributed by atoms with E-state index in [1.165, 1.54) is 0 Å². The van der Waals surface area contributed by atoms with E-state index >= 15 is 0 Å². The van der Waals surface area contributed by atoms with Crippen LogP contribution in [-0.2, 0) is 6.54 Å². The fourth-order valence-corrected chi connectivity index (χ4v) is 3.29. The Balaban J connectivity index is 0.000000693. The third-order valence-electron chi connectivity index (χ3n) is 4.21. The van der Waals surface area contributed by atoms with E-state index in [1.807, 2.05) is 65.9 Å². The minimum absolute atomic E-state index is 0.0988. The molecule has 0 radical (unpaired) electrons. The molecule has 2 aliphatic heterocycles. The highest BCUT2D eigenvalue weighted by Gasteiger charge is 2.49. The minimum atomic E-state index is -0.435. The van der Waals surface area contributed by atoms with Gasteiger partial charge in [0.05, 0.1) is 6.54 Å². The quantitative estimate of drug-likeness (QED) is 0.808. The van der Waals surface area contributed by atoms with Crippen molar-refractivity contribution in [1.82, 2.24) is 14.8 Å². The molecule has 1 aliphatic carbocycles. The SMILES string of the molecule is CC.O=C1c2cccn2CC2(C3=CC=C=CC=C3)NCCN12. The summed E-state index contributed by atoms with van der Waals surface area (Å²) in [4.78, 5) is 14.6. The second kappa shape index (κ2) is 5.84. The van der Waals surface area contributed by atoms with E-state index in [2.05, 4.69) is 17.1 Å². The van der Waals surface area contributed by atoms with Crippen molar-refractivity contribution in [2.24, 2.45) is 0 Å². The van der Waals surface area contributed by atoms with Gasteiger partial charge >= 0.3 is 0 Å². The molecule has 4 heteroatoms. The van der Waals surface area contributed by atoms with Gasteiger partial charge in [0.25, 0.3) is 5.91 Å². The topological polar surface area (TPSA) is 37.3 Å². The predicted molar refractivity (Wildman–Crippen MR) is 87.4 cm³/mol. The van der Waals surface area contributed by atoms with Crippen LogP contribution in [0.1, 0.15) is 24.3 Å². The monoisotopic (exact) mass is 295 g/mol. The summed E-state index contributed by atoms with van der Waals surface area (Å²) in [5, 5.41) is 3.53. The Hall–Kier alpha value is -2.29. The number of hydrogen-bond acceptors (Lipinski definition) is 2. The Morgan fingerprint density at radius 3 is 3.05 bits per heavy atom. The maximum Gasteiger partial charge on any atom is 0.272 e. The van der Waals surface area contributed by atoms with Gasteiger partial charge in [0.2, 0.25) is 0 Å². The third kappa shape index (κ3) is 2.08. The van der Waals surface area contributed by atoms with Crippen molar-refractivity contribution < 1.29 is 4.79 Å². The van der Waals surface area contributed by atoms with Gasteiger partial charge in [-0.1, -0.05) is 26.0 Å². The zero-order valence-electron chi connectivity index (χ0n) is 13.0. The predicted octanol–water partition coefficient (Wildman–Crippen LogP) is 2.48. The molecule has 22 heavy (non-hydrogen) atoms. The minimum Gasteiger partial charge on any atom is -0.339 e. The number of fused-ring (bicyclic) bond motifs is 2. The first-order valence-corrected chi connectivity index (χ1v) is 7.83. The lowest BCUT2D eigenvalue weighted by Gasteiger charge is -2.43. The summed E-state index contributed by atoms with van der Waals surface area (Å²) in [6, 6.07) is 3.82. The molecule has 1 fully saturated rings. The van der Waals surface area contributed by atoms with Crippen LogP contribution in [0.4, 0.5) is 0 Å². The third-order valence-corrected chi connectivity index (χ3v) is 4.21. The summed E-state index contributed by atoms with van der Waals surface area (Å²) in [6.45, 7) is 6.30. The van der Waals surface area contributed by atoms with Crippen molar-refractivity contribution in [2.75, 3.05) is 13.1 Å². The first-order chi connectivity index (χ1) is 10.8. The van der Waals surface area contributed by atoms with Crippen molar-refractivity contribution in [2.45, 2.75) is 26.1 Å². The van der Waals surface area contributed by atoms with Crippen LogP contribution in [0.2, 0.25) is 0 Å². The second-order valence-electron chi connectivity index (χ2n) is 5.25. The summed E-state index contributed by atoms with van der Waals surface area (Å²) in [5.74, 6) is 0.0988. The standard InChI is InChI=1S/C16H15N3O.C2H6/c20-15-14-8-5-10-18(14)12-16(17-9-11-19(15)16)13-6-3-1-2-4-7-13;1-2/h1,3-8,10,17H,9,11-12H2;1-2H3. The summed E-state index contributed by atoms with van der Waals surface area (Å²) in [6.07, 6.45) is 11.8. The molecule has 1 aromatic heterocycles. The number of aromatic nitrogens is 1. The zero-order chi connectivity index (χ0) is 15.6. The lowest BCUT2D eigenvalue weighted by atomic mass is 9.95. The molecule has 0 spiro atoms. The van der Waals surface area contributed by atoms with Gasteiger partial charge < -0.3 is 9.47 Å². The van der Waals surface area contributed by atoms with Crippen LogP contribution in [0.25, 0.3) is 0 Å². The Labute approximate surface area is 131 Å². The molecule has 1 atom stereocenters. The molecule has 3 heterocycles. The molecule has 1 amide bonds. The summed E-state index contributed by atoms with van der Waals surface area (Å²) in [5.41, 5.74) is 4.51. The molecule has 3 aliphatic rings. The van der Waals surface area contributed by atoms with Crippen molar-refractivity contribution in [3.8, 4) is 0 Å². The Bertz CT molecular complexity index is 704. The number of carbonyl (C=O) groups is 1. The van der Waals surface area contributed by atoms with Crippen LogP contribution >= 0.6 is 0 Å². The fraction of sp³-hybridized carbons (Fsp3) is 0.333. The number of rotatable bonds is 1. The molecule has 1 N–H and O–H groups in total. The molecule has 4 nitrogen and oxygen atoms in total. The largest absolute Gasteiger partial charge is 0.339 e. The highest BCUT2D eigenvalue weighted by Crippen LogP contribution is 2.34. The Morgan fingerprint density at radius 1 is 1.32 bits per heavy atom. The van der Waals surface area contributed by atoms with Crippen molar-refractivity contribution >= 4 is 5.91 Å². The van der Waals surface area contributed by atoms with E-state index in [4.69, 9.17) is 0 Å². The molecule has 0 aromatic carbocycles. The average Bonchev–Trinajstić information content (AvgIpc) is 3.10. The summed E-state index contributed by atoms with van der Waals surface area (Å²) in [7, 11) is 0. The van der Waals surface area contributed by atoms with Crippen LogP contribution in [0, 0.1) is 0 Å². The van der Waals surface area contributed by atoms with E-state index in [9.17, 15) is 4.79 Å². The molecule has 1 saturated heterocycles. The molecule has 0 bridgehead atoms. The van der Waals surface area contributed by atoms with Gasteiger partial charge in [-0.15, -0.1) is 5.73 Å². The van der Waals surface area contributed by atoms with Crippen LogP contribution < -0.4 is 5.32 Å². The molecule has 1 aromatic rings. The number of nitrogens with zero attached hydrogens (tertiary/aromatic N) is 2. The maximum absolute atomic E-state index is 12.7. The molecule has 114 valence electrons. The van der Waals surface area contributed by atoms with Gasteiger partial charge in [-0.05, 0) is 35.9 Å². The molecule has 1 unspecified atom stereocenters. The average molecular weight is 295 g/mol. The van der Waals surface area contributed by atoms with Gasteiger partial charge in [0, 0.05) is 19.3 Å². The summed E-state index contributed by atoms with van der Waals surface area (Å²) >= 11 is 0. The van der Waals surface area contributed by atoms with Crippen LogP contribution in [0.15, 0.2) is 60.0 Å². The highest BCUT2D eigenvalue weighted by atomic mass is 16.2. The van der Waals surface area contributed by atoms with Gasteiger partial charge in [-0.2, -0.15) is 0 Å². The fourth-order valence-electron chi connectivity index (χ4n) is 3.29. The van der Waals surface area contributed by atoms with E-state index in [0.29, 0.717) is 0 Å². The normalized spacial score (nSPS) is 25.1. The zero-order valence-corrected chi connectivity index (χ0v) is 13.0. The second-order valence-corrected chi connectivity index (χ2v) is 5.25. The Kier molecular flexibility index (Phi) is 3.88. The first-order valence-electron chi connectivity index (χ1n) is 7.83. The maximum atomic E-state index is 12.7. The molecular weight excluding hydrogens is 274 g/mol. The number of hydrogen-bond donors (Lipinski definition) is 1. The lowest BCUT2D eigenvalue weighted by molar-refractivity contribution is 0.0517. The van der Waals surface area contributed by atoms with Crippen molar-refractivity contribution in [3.63, 3.8) is 0 Å². The molecular formula is C18H21N3O. The van der Waals surface area contributed by atoms with Gasteiger partial charge in [-0.3, -0.25) is 10.1 Å². The molecule has 4 rings (SSSR count). The van der Waals surface area contributed by atoms with Crippen LogP contribution in [0.5, 0.6) is 0 Å². The molecule has 0 saturated carbocycles. The number of carbonyl (C=O) groups excluding carboxylic acids is 1. The smallest absolute Gasteiger partial charge is 0.272 e. The van der Waals surface area contributed by atoms with Gasteiger partial charge in [0.15, 0.2) is 0 Å². The van der Waals surface area contributed by atoms with Crippen LogP contribution in [-0.4, -0.2) is 34.1 Å². The van der Waals surface area contributed by atoms with E-state index in [1.54, 1.807) is 0 Å². The lowest BCUT2D eigenvalue weighted by Crippen LogP contribution is -2.60. The van der Waals surface area contributed by atoms with E-state index in [0.717, 1.165) is 30.9 Å². The Morgan fingerprint density at radius 2 is 2.18 bits per heavy atom. The van der Waals surface area contributed by atoms with Crippen LogP contribution in [0.3, 0.4) is 0 Å². The number of allylic oxidation sites excluding steroid dienone is 3.